The van der Waals surface area contributed by atoms with Crippen molar-refractivity contribution in [2.24, 2.45) is 0 Å². The van der Waals surface area contributed by atoms with Crippen LogP contribution in [0.3, 0.4) is 0 Å². The number of benzene rings is 2. The minimum atomic E-state index is -3.35. The smallest absolute Gasteiger partial charge is 0.179 e. The minimum absolute atomic E-state index is 0.0325. The van der Waals surface area contributed by atoms with E-state index >= 15 is 0 Å². The molecule has 0 bridgehead atoms. The molecule has 0 unspecified atom stereocenters. The second kappa shape index (κ2) is 6.81. The molecular formula is C14H13BrFNO2S2. The highest BCUT2D eigenvalue weighted by atomic mass is 79.9. The lowest BCUT2D eigenvalue weighted by Crippen LogP contribution is -2.09. The van der Waals surface area contributed by atoms with Gasteiger partial charge in [-0.15, -0.1) is 11.8 Å². The van der Waals surface area contributed by atoms with Crippen LogP contribution in [0, 0.1) is 5.82 Å². The summed E-state index contributed by atoms with van der Waals surface area (Å²) in [5, 5.41) is 0. The fourth-order valence-corrected chi connectivity index (χ4v) is 4.57. The predicted octanol–water partition coefficient (Wildman–Crippen LogP) is 3.74. The SMILES string of the molecule is Nc1ccc(F)cc1SCCS(=O)(=O)c1ccc(Br)cc1. The van der Waals surface area contributed by atoms with Gasteiger partial charge < -0.3 is 5.73 Å². The first kappa shape index (κ1) is 16.3. The Labute approximate surface area is 135 Å². The zero-order valence-corrected chi connectivity index (χ0v) is 14.1. The summed E-state index contributed by atoms with van der Waals surface area (Å²) in [5.41, 5.74) is 6.17. The minimum Gasteiger partial charge on any atom is -0.398 e. The lowest BCUT2D eigenvalue weighted by molar-refractivity contribution is 0.597. The van der Waals surface area contributed by atoms with Gasteiger partial charge in [0.2, 0.25) is 0 Å². The number of thioether (sulfide) groups is 1. The summed E-state index contributed by atoms with van der Waals surface area (Å²) in [6, 6.07) is 10.5. The van der Waals surface area contributed by atoms with Crippen LogP contribution in [0.5, 0.6) is 0 Å². The third-order valence-electron chi connectivity index (χ3n) is 2.76. The van der Waals surface area contributed by atoms with Crippen LogP contribution < -0.4 is 5.73 Å². The van der Waals surface area contributed by atoms with Crippen molar-refractivity contribution < 1.29 is 12.8 Å². The van der Waals surface area contributed by atoms with Crippen LogP contribution in [0.15, 0.2) is 56.7 Å². The topological polar surface area (TPSA) is 60.2 Å². The maximum atomic E-state index is 13.1. The van der Waals surface area contributed by atoms with Gasteiger partial charge in [0.05, 0.1) is 10.6 Å². The van der Waals surface area contributed by atoms with Crippen molar-refractivity contribution in [1.29, 1.82) is 0 Å². The van der Waals surface area contributed by atoms with Gasteiger partial charge in [0.15, 0.2) is 9.84 Å². The Morgan fingerprint density at radius 2 is 1.81 bits per heavy atom. The number of hydrogen-bond donors (Lipinski definition) is 1. The van der Waals surface area contributed by atoms with Crippen LogP contribution in [-0.4, -0.2) is 19.9 Å². The lowest BCUT2D eigenvalue weighted by atomic mass is 10.3. The summed E-state index contributed by atoms with van der Waals surface area (Å²) in [5.74, 6) is -0.108. The molecule has 0 atom stereocenters. The highest BCUT2D eigenvalue weighted by molar-refractivity contribution is 9.10. The summed E-state index contributed by atoms with van der Waals surface area (Å²) in [7, 11) is -3.35. The Hall–Kier alpha value is -1.05. The molecule has 2 rings (SSSR count). The summed E-state index contributed by atoms with van der Waals surface area (Å²) >= 11 is 4.49. The molecule has 0 aliphatic heterocycles. The molecule has 2 aromatic rings. The number of nitrogen functional groups attached to an aromatic ring is 1. The Kier molecular flexibility index (Phi) is 5.29. The summed E-state index contributed by atoms with van der Waals surface area (Å²) in [4.78, 5) is 0.833. The molecule has 0 saturated carbocycles. The summed E-state index contributed by atoms with van der Waals surface area (Å²) < 4.78 is 38.2. The predicted molar refractivity (Wildman–Crippen MR) is 87.7 cm³/mol. The molecule has 0 amide bonds. The summed E-state index contributed by atoms with van der Waals surface area (Å²) in [6.45, 7) is 0. The van der Waals surface area contributed by atoms with E-state index < -0.39 is 9.84 Å². The zero-order valence-electron chi connectivity index (χ0n) is 10.9. The van der Waals surface area contributed by atoms with Gasteiger partial charge in [0, 0.05) is 20.8 Å². The number of rotatable bonds is 5. The molecule has 0 saturated heterocycles. The van der Waals surface area contributed by atoms with Crippen LogP contribution in [0.2, 0.25) is 0 Å². The first-order chi connectivity index (χ1) is 9.88. The fourth-order valence-electron chi connectivity index (χ4n) is 1.65. The van der Waals surface area contributed by atoms with Gasteiger partial charge >= 0.3 is 0 Å². The third-order valence-corrected chi connectivity index (χ3v) is 6.35. The van der Waals surface area contributed by atoms with Crippen LogP contribution in [-0.2, 0) is 9.84 Å². The van der Waals surface area contributed by atoms with Crippen molar-refractivity contribution in [3.8, 4) is 0 Å². The molecule has 3 nitrogen and oxygen atoms in total. The molecule has 0 radical (unpaired) electrons. The molecule has 0 fully saturated rings. The van der Waals surface area contributed by atoms with E-state index in [9.17, 15) is 12.8 Å². The van der Waals surface area contributed by atoms with Gasteiger partial charge in [0.1, 0.15) is 5.82 Å². The van der Waals surface area contributed by atoms with Crippen LogP contribution in [0.25, 0.3) is 0 Å². The summed E-state index contributed by atoms with van der Waals surface area (Å²) in [6.07, 6.45) is 0. The number of anilines is 1. The standard InChI is InChI=1S/C14H13BrFNO2S2/c15-10-1-4-12(5-2-10)21(18,19)8-7-20-14-9-11(16)3-6-13(14)17/h1-6,9H,7-8,17H2. The largest absolute Gasteiger partial charge is 0.398 e. The second-order valence-corrected chi connectivity index (χ2v) is 8.46. The maximum absolute atomic E-state index is 13.1. The normalized spacial score (nSPS) is 11.5. The Morgan fingerprint density at radius 3 is 2.48 bits per heavy atom. The van der Waals surface area contributed by atoms with Gasteiger partial charge in [-0.3, -0.25) is 0 Å². The van der Waals surface area contributed by atoms with E-state index in [-0.39, 0.29) is 16.5 Å². The molecule has 21 heavy (non-hydrogen) atoms. The van der Waals surface area contributed by atoms with Crippen molar-refractivity contribution in [3.63, 3.8) is 0 Å². The van der Waals surface area contributed by atoms with Gasteiger partial charge in [-0.05, 0) is 42.5 Å². The molecule has 2 aromatic carbocycles. The van der Waals surface area contributed by atoms with Crippen molar-refractivity contribution in [3.05, 3.63) is 52.8 Å². The monoisotopic (exact) mass is 389 g/mol. The van der Waals surface area contributed by atoms with Crippen LogP contribution in [0.4, 0.5) is 10.1 Å². The molecular weight excluding hydrogens is 377 g/mol. The van der Waals surface area contributed by atoms with E-state index in [0.717, 1.165) is 4.47 Å². The fraction of sp³-hybridized carbons (Fsp3) is 0.143. The molecule has 0 spiro atoms. The van der Waals surface area contributed by atoms with Crippen molar-refractivity contribution in [1.82, 2.24) is 0 Å². The zero-order chi connectivity index (χ0) is 15.5. The van der Waals surface area contributed by atoms with Crippen molar-refractivity contribution in [2.75, 3.05) is 17.2 Å². The van der Waals surface area contributed by atoms with E-state index in [4.69, 9.17) is 5.73 Å². The van der Waals surface area contributed by atoms with Gasteiger partial charge in [-0.2, -0.15) is 0 Å². The molecule has 2 N–H and O–H groups in total. The van der Waals surface area contributed by atoms with E-state index in [1.165, 1.54) is 30.0 Å². The van der Waals surface area contributed by atoms with Gasteiger partial charge in [0.25, 0.3) is 0 Å². The van der Waals surface area contributed by atoms with E-state index in [1.54, 1.807) is 24.3 Å². The quantitative estimate of drug-likeness (QED) is 0.624. The van der Waals surface area contributed by atoms with Gasteiger partial charge in [-0.25, -0.2) is 12.8 Å². The molecule has 112 valence electrons. The lowest BCUT2D eigenvalue weighted by Gasteiger charge is -2.07. The van der Waals surface area contributed by atoms with Crippen molar-refractivity contribution >= 4 is 43.2 Å². The Balaban J connectivity index is 2.02. The van der Waals surface area contributed by atoms with E-state index in [0.29, 0.717) is 16.3 Å². The highest BCUT2D eigenvalue weighted by Gasteiger charge is 2.14. The maximum Gasteiger partial charge on any atom is 0.179 e. The van der Waals surface area contributed by atoms with Crippen molar-refractivity contribution in [2.45, 2.75) is 9.79 Å². The number of hydrogen-bond acceptors (Lipinski definition) is 4. The average Bonchev–Trinajstić information content (AvgIpc) is 2.43. The molecule has 0 aliphatic carbocycles. The molecule has 7 heteroatoms. The first-order valence-corrected chi connectivity index (χ1v) is 9.48. The van der Waals surface area contributed by atoms with E-state index in [1.807, 2.05) is 0 Å². The highest BCUT2D eigenvalue weighted by Crippen LogP contribution is 2.26. The molecule has 0 aromatic heterocycles. The molecule has 0 heterocycles. The number of nitrogens with two attached hydrogens (primary N) is 1. The number of halogens is 2. The van der Waals surface area contributed by atoms with Crippen LogP contribution in [0.1, 0.15) is 0 Å². The molecule has 0 aliphatic rings. The van der Waals surface area contributed by atoms with Gasteiger partial charge in [-0.1, -0.05) is 15.9 Å². The average molecular weight is 390 g/mol. The van der Waals surface area contributed by atoms with Crippen LogP contribution >= 0.6 is 27.7 Å². The third kappa shape index (κ3) is 4.46. The van der Waals surface area contributed by atoms with E-state index in [2.05, 4.69) is 15.9 Å². The number of sulfone groups is 1. The second-order valence-electron chi connectivity index (χ2n) is 4.30. The first-order valence-electron chi connectivity index (χ1n) is 6.04. The Bertz CT molecular complexity index is 733. The Morgan fingerprint density at radius 1 is 1.14 bits per heavy atom.